The van der Waals surface area contributed by atoms with Gasteiger partial charge in [0.1, 0.15) is 11.6 Å². The van der Waals surface area contributed by atoms with Crippen molar-refractivity contribution in [1.29, 1.82) is 0 Å². The molecular formula is C16H18BrFN2O3S. The van der Waals surface area contributed by atoms with Gasteiger partial charge in [0, 0.05) is 11.0 Å². The molecule has 1 unspecified atom stereocenters. The normalized spacial score (nSPS) is 17.2. The van der Waals surface area contributed by atoms with E-state index in [0.717, 1.165) is 43.8 Å². The molecule has 1 fully saturated rings. The Kier molecular flexibility index (Phi) is 5.39. The molecule has 1 aromatic heterocycles. The second-order valence-corrected chi connectivity index (χ2v) is 8.29. The van der Waals surface area contributed by atoms with Crippen LogP contribution >= 0.6 is 15.9 Å². The van der Waals surface area contributed by atoms with Gasteiger partial charge in [0.2, 0.25) is 10.0 Å². The molecule has 2 heterocycles. The van der Waals surface area contributed by atoms with Gasteiger partial charge in [-0.05, 0) is 72.2 Å². The lowest BCUT2D eigenvalue weighted by atomic mass is 10.2. The minimum atomic E-state index is -3.76. The van der Waals surface area contributed by atoms with Crippen LogP contribution in [0.25, 0.3) is 0 Å². The van der Waals surface area contributed by atoms with E-state index in [1.165, 1.54) is 6.07 Å². The van der Waals surface area contributed by atoms with Gasteiger partial charge in [-0.1, -0.05) is 0 Å². The quantitative estimate of drug-likeness (QED) is 0.784. The van der Waals surface area contributed by atoms with Crippen molar-refractivity contribution in [3.8, 4) is 0 Å². The highest BCUT2D eigenvalue weighted by molar-refractivity contribution is 9.10. The second kappa shape index (κ2) is 7.35. The molecule has 0 amide bonds. The monoisotopic (exact) mass is 416 g/mol. The van der Waals surface area contributed by atoms with Gasteiger partial charge in [0.15, 0.2) is 0 Å². The SMILES string of the molecule is O=S(=O)(NCC(c1ccco1)N1CCCC1)c1ccc(F)cc1Br. The summed E-state index contributed by atoms with van der Waals surface area (Å²) < 4.78 is 46.6. The minimum absolute atomic E-state index is 0.0171. The van der Waals surface area contributed by atoms with Crippen LogP contribution in [0.2, 0.25) is 0 Å². The molecule has 0 bridgehead atoms. The molecule has 0 saturated carbocycles. The van der Waals surface area contributed by atoms with Crippen molar-refractivity contribution in [2.45, 2.75) is 23.8 Å². The van der Waals surface area contributed by atoms with Crippen LogP contribution < -0.4 is 4.72 Å². The smallest absolute Gasteiger partial charge is 0.241 e. The lowest BCUT2D eigenvalue weighted by Gasteiger charge is -2.26. The molecule has 0 spiro atoms. The number of hydrogen-bond donors (Lipinski definition) is 1. The average Bonchev–Trinajstić information content (AvgIpc) is 3.20. The Morgan fingerprint density at radius 1 is 1.29 bits per heavy atom. The number of likely N-dealkylation sites (tertiary alicyclic amines) is 1. The number of halogens is 2. The molecule has 8 heteroatoms. The van der Waals surface area contributed by atoms with Crippen LogP contribution in [-0.4, -0.2) is 33.0 Å². The zero-order valence-corrected chi connectivity index (χ0v) is 15.3. The summed E-state index contributed by atoms with van der Waals surface area (Å²) in [5, 5.41) is 0. The highest BCUT2D eigenvalue weighted by Crippen LogP contribution is 2.27. The summed E-state index contributed by atoms with van der Waals surface area (Å²) in [6.07, 6.45) is 3.77. The number of hydrogen-bond acceptors (Lipinski definition) is 4. The molecule has 5 nitrogen and oxygen atoms in total. The Bertz CT molecular complexity index is 790. The summed E-state index contributed by atoms with van der Waals surface area (Å²) in [4.78, 5) is 2.23. The standard InChI is InChI=1S/C16H18BrFN2O3S/c17-13-10-12(18)5-6-16(13)24(21,22)19-11-14(15-4-3-9-23-15)20-7-1-2-8-20/h3-6,9-10,14,19H,1-2,7-8,11H2. The van der Waals surface area contributed by atoms with E-state index in [2.05, 4.69) is 25.6 Å². The first-order chi connectivity index (χ1) is 11.5. The first-order valence-corrected chi connectivity index (χ1v) is 9.97. The Morgan fingerprint density at radius 3 is 2.67 bits per heavy atom. The number of furan rings is 1. The van der Waals surface area contributed by atoms with Crippen LogP contribution in [0.5, 0.6) is 0 Å². The summed E-state index contributed by atoms with van der Waals surface area (Å²) >= 11 is 3.11. The number of rotatable bonds is 6. The van der Waals surface area contributed by atoms with Gasteiger partial charge in [-0.3, -0.25) is 4.90 Å². The maximum absolute atomic E-state index is 13.2. The summed E-state index contributed by atoms with van der Waals surface area (Å²) in [5.41, 5.74) is 0. The molecule has 1 atom stereocenters. The van der Waals surface area contributed by atoms with Gasteiger partial charge in [-0.15, -0.1) is 0 Å². The Labute approximate surface area is 149 Å². The van der Waals surface area contributed by atoms with Gasteiger partial charge >= 0.3 is 0 Å². The van der Waals surface area contributed by atoms with E-state index in [1.807, 2.05) is 6.07 Å². The minimum Gasteiger partial charge on any atom is -0.468 e. The lowest BCUT2D eigenvalue weighted by Crippen LogP contribution is -2.36. The van der Waals surface area contributed by atoms with E-state index >= 15 is 0 Å². The van der Waals surface area contributed by atoms with Gasteiger partial charge in [-0.2, -0.15) is 0 Å². The third-order valence-electron chi connectivity index (χ3n) is 4.10. The molecule has 24 heavy (non-hydrogen) atoms. The predicted octanol–water partition coefficient (Wildman–Crippen LogP) is 3.30. The molecule has 1 N–H and O–H groups in total. The highest BCUT2D eigenvalue weighted by Gasteiger charge is 2.28. The molecule has 3 rings (SSSR count). The van der Waals surface area contributed by atoms with Crippen molar-refractivity contribution in [2.24, 2.45) is 0 Å². The number of sulfonamides is 1. The van der Waals surface area contributed by atoms with E-state index in [0.29, 0.717) is 0 Å². The maximum Gasteiger partial charge on any atom is 0.241 e. The predicted molar refractivity (Wildman–Crippen MR) is 91.5 cm³/mol. The summed E-state index contributed by atoms with van der Waals surface area (Å²) in [5.74, 6) is 0.240. The van der Waals surface area contributed by atoms with Crippen LogP contribution in [0.4, 0.5) is 4.39 Å². The van der Waals surface area contributed by atoms with Crippen LogP contribution in [0.15, 0.2) is 50.4 Å². The summed E-state index contributed by atoms with van der Waals surface area (Å²) in [6, 6.07) is 7.01. The van der Waals surface area contributed by atoms with Crippen LogP contribution in [0.3, 0.4) is 0 Å². The zero-order valence-electron chi connectivity index (χ0n) is 12.9. The van der Waals surface area contributed by atoms with Gasteiger partial charge < -0.3 is 4.42 Å². The van der Waals surface area contributed by atoms with Crippen molar-refractivity contribution in [2.75, 3.05) is 19.6 Å². The summed E-state index contributed by atoms with van der Waals surface area (Å²) in [7, 11) is -3.76. The first kappa shape index (κ1) is 17.6. The maximum atomic E-state index is 13.2. The average molecular weight is 417 g/mol. The Hall–Kier alpha value is -1.22. The Balaban J connectivity index is 1.78. The van der Waals surface area contributed by atoms with Crippen molar-refractivity contribution < 1.29 is 17.2 Å². The third kappa shape index (κ3) is 3.88. The largest absolute Gasteiger partial charge is 0.468 e. The molecule has 0 aliphatic carbocycles. The molecule has 1 aromatic carbocycles. The summed E-state index contributed by atoms with van der Waals surface area (Å²) in [6.45, 7) is 2.01. The van der Waals surface area contributed by atoms with Crippen molar-refractivity contribution in [3.63, 3.8) is 0 Å². The fourth-order valence-corrected chi connectivity index (χ4v) is 4.99. The van der Waals surface area contributed by atoms with Crippen molar-refractivity contribution in [3.05, 3.63) is 52.6 Å². The van der Waals surface area contributed by atoms with Crippen molar-refractivity contribution in [1.82, 2.24) is 9.62 Å². The van der Waals surface area contributed by atoms with E-state index < -0.39 is 15.8 Å². The fraction of sp³-hybridized carbons (Fsp3) is 0.375. The van der Waals surface area contributed by atoms with Gasteiger partial charge in [0.25, 0.3) is 0 Å². The van der Waals surface area contributed by atoms with Crippen LogP contribution in [0.1, 0.15) is 24.6 Å². The first-order valence-electron chi connectivity index (χ1n) is 7.69. The fourth-order valence-electron chi connectivity index (χ4n) is 2.90. The van der Waals surface area contributed by atoms with Gasteiger partial charge in [-0.25, -0.2) is 17.5 Å². The molecule has 1 aliphatic heterocycles. The molecule has 1 aliphatic rings. The molecular weight excluding hydrogens is 399 g/mol. The van der Waals surface area contributed by atoms with Gasteiger partial charge in [0.05, 0.1) is 17.2 Å². The third-order valence-corrected chi connectivity index (χ3v) is 6.50. The molecule has 1 saturated heterocycles. The molecule has 130 valence electrons. The van der Waals surface area contributed by atoms with E-state index in [1.54, 1.807) is 12.3 Å². The lowest BCUT2D eigenvalue weighted by molar-refractivity contribution is 0.216. The number of nitrogens with one attached hydrogen (secondary N) is 1. The number of benzene rings is 1. The van der Waals surface area contributed by atoms with E-state index in [4.69, 9.17) is 4.42 Å². The molecule has 2 aromatic rings. The highest BCUT2D eigenvalue weighted by atomic mass is 79.9. The number of nitrogens with zero attached hydrogens (tertiary/aromatic N) is 1. The van der Waals surface area contributed by atoms with Crippen molar-refractivity contribution >= 4 is 26.0 Å². The van der Waals surface area contributed by atoms with Crippen LogP contribution in [0, 0.1) is 5.82 Å². The Morgan fingerprint density at radius 2 is 2.04 bits per heavy atom. The molecule has 0 radical (unpaired) electrons. The van der Waals surface area contributed by atoms with E-state index in [9.17, 15) is 12.8 Å². The second-order valence-electron chi connectivity index (χ2n) is 5.70. The van der Waals surface area contributed by atoms with E-state index in [-0.39, 0.29) is 22.0 Å². The van der Waals surface area contributed by atoms with Crippen LogP contribution in [-0.2, 0) is 10.0 Å². The zero-order chi connectivity index (χ0) is 17.2. The topological polar surface area (TPSA) is 62.6 Å².